The lowest BCUT2D eigenvalue weighted by Crippen LogP contribution is -2.42. The highest BCUT2D eigenvalue weighted by Gasteiger charge is 2.44. The minimum atomic E-state index is -1.19. The fourth-order valence-corrected chi connectivity index (χ4v) is 4.73. The molecule has 3 aromatic rings. The second-order valence-electron chi connectivity index (χ2n) is 9.58. The van der Waals surface area contributed by atoms with E-state index >= 15 is 0 Å². The van der Waals surface area contributed by atoms with E-state index in [0.29, 0.717) is 23.5 Å². The van der Waals surface area contributed by atoms with Gasteiger partial charge in [0.2, 0.25) is 5.89 Å². The maximum absolute atomic E-state index is 12.0. The van der Waals surface area contributed by atoms with Crippen molar-refractivity contribution in [2.75, 3.05) is 27.2 Å². The Hall–Kier alpha value is -2.63. The van der Waals surface area contributed by atoms with Gasteiger partial charge in [0.25, 0.3) is 0 Å². The molecule has 1 aliphatic rings. The van der Waals surface area contributed by atoms with Gasteiger partial charge in [-0.25, -0.2) is 4.98 Å². The van der Waals surface area contributed by atoms with Crippen LogP contribution in [0.25, 0.3) is 0 Å². The summed E-state index contributed by atoms with van der Waals surface area (Å²) in [5.41, 5.74) is -0.321. The van der Waals surface area contributed by atoms with Crippen LogP contribution in [0.1, 0.15) is 49.3 Å². The van der Waals surface area contributed by atoms with Crippen molar-refractivity contribution < 1.29 is 18.7 Å². The second-order valence-corrected chi connectivity index (χ2v) is 9.58. The number of rotatable bonds is 9. The van der Waals surface area contributed by atoms with Gasteiger partial charge in [-0.1, -0.05) is 67.8 Å². The molecule has 5 nitrogen and oxygen atoms in total. The molecule has 1 fully saturated rings. The Bertz CT molecular complexity index is 965. The molecule has 1 aromatic heterocycles. The first-order valence-corrected chi connectivity index (χ1v) is 11.7. The lowest BCUT2D eigenvalue weighted by atomic mass is 9.73. The van der Waals surface area contributed by atoms with Crippen molar-refractivity contribution in [3.05, 3.63) is 84.1 Å². The summed E-state index contributed by atoms with van der Waals surface area (Å²) < 4.78 is 12.8. The number of hydrogen-bond acceptors (Lipinski definition) is 4. The normalized spacial score (nSPS) is 17.1. The monoisotopic (exact) mass is 435 g/mol. The van der Waals surface area contributed by atoms with Crippen molar-refractivity contribution in [1.82, 2.24) is 4.98 Å². The van der Waals surface area contributed by atoms with Crippen LogP contribution in [0.2, 0.25) is 0 Å². The lowest BCUT2D eigenvalue weighted by Gasteiger charge is -2.36. The summed E-state index contributed by atoms with van der Waals surface area (Å²) in [5, 5.41) is 12.0. The number of benzene rings is 2. The van der Waals surface area contributed by atoms with E-state index in [2.05, 4.69) is 19.1 Å². The number of nitrogens with zero attached hydrogens (tertiary/aromatic N) is 2. The van der Waals surface area contributed by atoms with Crippen LogP contribution < -0.4 is 4.74 Å². The van der Waals surface area contributed by atoms with Crippen LogP contribution >= 0.6 is 0 Å². The molecular formula is C27H35N2O3+. The molecule has 1 heterocycles. The highest BCUT2D eigenvalue weighted by Crippen LogP contribution is 2.43. The van der Waals surface area contributed by atoms with Gasteiger partial charge in [0, 0.05) is 5.92 Å². The third-order valence-corrected chi connectivity index (χ3v) is 6.58. The van der Waals surface area contributed by atoms with Crippen LogP contribution in [0.3, 0.4) is 0 Å². The Morgan fingerprint density at radius 3 is 2.34 bits per heavy atom. The Kier molecular flexibility index (Phi) is 6.97. The summed E-state index contributed by atoms with van der Waals surface area (Å²) in [4.78, 5) is 4.59. The number of oxazole rings is 1. The van der Waals surface area contributed by atoms with Gasteiger partial charge in [-0.05, 0) is 30.5 Å². The van der Waals surface area contributed by atoms with Crippen LogP contribution in [0.15, 0.2) is 71.3 Å². The predicted octanol–water partition coefficient (Wildman–Crippen LogP) is 5.15. The molecule has 1 N–H and O–H groups in total. The van der Waals surface area contributed by atoms with Gasteiger partial charge >= 0.3 is 0 Å². The number of likely N-dealkylation sites (N-methyl/N-ethyl adjacent to an activating group) is 1. The van der Waals surface area contributed by atoms with E-state index in [1.54, 1.807) is 6.20 Å². The first-order chi connectivity index (χ1) is 15.5. The zero-order valence-electron chi connectivity index (χ0n) is 19.2. The Morgan fingerprint density at radius 1 is 1.00 bits per heavy atom. The SMILES string of the molecule is C[N+](C)(CCOc1ccccc1)Cc1cnc(C(O)(c2ccccc2)C2CCCCC2)o1. The highest BCUT2D eigenvalue weighted by atomic mass is 16.5. The largest absolute Gasteiger partial charge is 0.488 e. The first kappa shape index (κ1) is 22.6. The number of para-hydroxylation sites is 1. The van der Waals surface area contributed by atoms with Crippen molar-refractivity contribution in [3.63, 3.8) is 0 Å². The number of aliphatic hydroxyl groups is 1. The van der Waals surface area contributed by atoms with E-state index in [0.717, 1.165) is 49.3 Å². The van der Waals surface area contributed by atoms with Gasteiger partial charge in [0.1, 0.15) is 25.4 Å². The molecule has 1 atom stereocenters. The molecule has 1 aliphatic carbocycles. The van der Waals surface area contributed by atoms with Crippen molar-refractivity contribution in [1.29, 1.82) is 0 Å². The maximum Gasteiger partial charge on any atom is 0.231 e. The molecule has 0 saturated heterocycles. The number of quaternary nitrogens is 1. The molecule has 1 unspecified atom stereocenters. The molecule has 1 saturated carbocycles. The van der Waals surface area contributed by atoms with Crippen molar-refractivity contribution in [2.45, 2.75) is 44.2 Å². The summed E-state index contributed by atoms with van der Waals surface area (Å²) >= 11 is 0. The average Bonchev–Trinajstić information content (AvgIpc) is 3.28. The molecule has 2 aromatic carbocycles. The minimum absolute atomic E-state index is 0.118. The van der Waals surface area contributed by atoms with Gasteiger partial charge < -0.3 is 18.7 Å². The summed E-state index contributed by atoms with van der Waals surface area (Å²) in [5.74, 6) is 2.21. The molecule has 0 radical (unpaired) electrons. The lowest BCUT2D eigenvalue weighted by molar-refractivity contribution is -0.904. The number of hydrogen-bond donors (Lipinski definition) is 1. The fourth-order valence-electron chi connectivity index (χ4n) is 4.73. The van der Waals surface area contributed by atoms with Crippen LogP contribution in [0.5, 0.6) is 5.75 Å². The number of ether oxygens (including phenoxy) is 1. The summed E-state index contributed by atoms with van der Waals surface area (Å²) in [7, 11) is 4.31. The van der Waals surface area contributed by atoms with Crippen molar-refractivity contribution >= 4 is 0 Å². The molecule has 0 amide bonds. The molecule has 4 rings (SSSR count). The fraction of sp³-hybridized carbons (Fsp3) is 0.444. The van der Waals surface area contributed by atoms with Gasteiger partial charge in [-0.2, -0.15) is 0 Å². The van der Waals surface area contributed by atoms with E-state index in [9.17, 15) is 5.11 Å². The molecular weight excluding hydrogens is 400 g/mol. The quantitative estimate of drug-likeness (QED) is 0.473. The van der Waals surface area contributed by atoms with Gasteiger partial charge in [0.15, 0.2) is 11.4 Å². The van der Waals surface area contributed by atoms with E-state index in [1.807, 2.05) is 60.7 Å². The van der Waals surface area contributed by atoms with Crippen molar-refractivity contribution in [2.24, 2.45) is 5.92 Å². The third kappa shape index (κ3) is 5.22. The standard InChI is InChI=1S/C27H35N2O3/c1-29(2,18-19-31-24-16-10-5-11-17-24)21-25-20-28-26(32-25)27(30,22-12-6-3-7-13-22)23-14-8-4-9-15-23/h3,5-7,10-13,16-17,20,23,30H,4,8-9,14-15,18-19,21H2,1-2H3/q+1. The molecule has 170 valence electrons. The van der Waals surface area contributed by atoms with Crippen LogP contribution in [0, 0.1) is 5.92 Å². The summed E-state index contributed by atoms with van der Waals surface area (Å²) in [6.45, 7) is 2.13. The second kappa shape index (κ2) is 9.88. The van der Waals surface area contributed by atoms with Gasteiger partial charge in [-0.15, -0.1) is 0 Å². The third-order valence-electron chi connectivity index (χ3n) is 6.58. The molecule has 0 aliphatic heterocycles. The van der Waals surface area contributed by atoms with Gasteiger partial charge in [0.05, 0.1) is 20.3 Å². The highest BCUT2D eigenvalue weighted by molar-refractivity contribution is 5.30. The molecule has 0 spiro atoms. The molecule has 0 bridgehead atoms. The summed E-state index contributed by atoms with van der Waals surface area (Å²) in [6, 6.07) is 19.8. The summed E-state index contributed by atoms with van der Waals surface area (Å²) in [6.07, 6.45) is 7.26. The smallest absolute Gasteiger partial charge is 0.231 e. The zero-order valence-corrected chi connectivity index (χ0v) is 19.2. The number of aromatic nitrogens is 1. The van der Waals surface area contributed by atoms with E-state index in [4.69, 9.17) is 9.15 Å². The van der Waals surface area contributed by atoms with Gasteiger partial charge in [-0.3, -0.25) is 0 Å². The van der Waals surface area contributed by atoms with Crippen LogP contribution in [-0.4, -0.2) is 41.8 Å². The average molecular weight is 436 g/mol. The van der Waals surface area contributed by atoms with E-state index < -0.39 is 5.60 Å². The Labute approximate surface area is 191 Å². The Balaban J connectivity index is 1.47. The first-order valence-electron chi connectivity index (χ1n) is 11.7. The van der Waals surface area contributed by atoms with E-state index in [1.165, 1.54) is 6.42 Å². The zero-order chi connectivity index (χ0) is 22.4. The van der Waals surface area contributed by atoms with E-state index in [-0.39, 0.29) is 5.92 Å². The maximum atomic E-state index is 12.0. The molecule has 5 heteroatoms. The predicted molar refractivity (Wildman–Crippen MR) is 125 cm³/mol. The van der Waals surface area contributed by atoms with Crippen LogP contribution in [-0.2, 0) is 12.1 Å². The molecule has 32 heavy (non-hydrogen) atoms. The van der Waals surface area contributed by atoms with Crippen LogP contribution in [0.4, 0.5) is 0 Å². The van der Waals surface area contributed by atoms with Crippen molar-refractivity contribution in [3.8, 4) is 5.75 Å². The minimum Gasteiger partial charge on any atom is -0.488 e. The topological polar surface area (TPSA) is 55.5 Å². The Morgan fingerprint density at radius 2 is 1.66 bits per heavy atom.